The number of fused-ring (bicyclic) bond motifs is 1. The van der Waals surface area contributed by atoms with Gasteiger partial charge in [0.2, 0.25) is 0 Å². The third kappa shape index (κ3) is 3.11. The highest BCUT2D eigenvalue weighted by atomic mass is 32.2. The van der Waals surface area contributed by atoms with Crippen LogP contribution in [0, 0.1) is 6.92 Å². The Morgan fingerprint density at radius 3 is 3.00 bits per heavy atom. The average Bonchev–Trinajstić information content (AvgIpc) is 3.35. The van der Waals surface area contributed by atoms with Crippen molar-refractivity contribution in [1.82, 2.24) is 20.2 Å². The monoisotopic (exact) mass is 404 g/mol. The van der Waals surface area contributed by atoms with Crippen molar-refractivity contribution in [2.75, 3.05) is 6.61 Å². The van der Waals surface area contributed by atoms with Crippen LogP contribution in [0.25, 0.3) is 21.0 Å². The number of esters is 1. The molecule has 4 heterocycles. The van der Waals surface area contributed by atoms with Crippen molar-refractivity contribution >= 4 is 50.6 Å². The van der Waals surface area contributed by atoms with Crippen molar-refractivity contribution in [3.63, 3.8) is 0 Å². The predicted molar refractivity (Wildman–Crippen MR) is 99.8 cm³/mol. The van der Waals surface area contributed by atoms with Gasteiger partial charge in [-0.25, -0.2) is 14.8 Å². The molecule has 0 saturated heterocycles. The number of carbonyl (C=O) groups excluding carboxylic acids is 1. The van der Waals surface area contributed by atoms with E-state index in [9.17, 15) is 4.79 Å². The Kier molecular flexibility index (Phi) is 4.70. The van der Waals surface area contributed by atoms with Gasteiger partial charge in [-0.2, -0.15) is 0 Å². The lowest BCUT2D eigenvalue weighted by Gasteiger charge is -2.01. The molecule has 10 heteroatoms. The van der Waals surface area contributed by atoms with Gasteiger partial charge in [-0.15, -0.1) is 32.9 Å². The van der Waals surface area contributed by atoms with Crippen LogP contribution in [0.3, 0.4) is 0 Å². The Hall–Kier alpha value is -2.30. The van der Waals surface area contributed by atoms with E-state index < -0.39 is 0 Å². The molecule has 0 aromatic carbocycles. The third-order valence-corrected chi connectivity index (χ3v) is 6.36. The van der Waals surface area contributed by atoms with Crippen LogP contribution in [0.1, 0.15) is 22.2 Å². The molecule has 132 valence electrons. The molecule has 0 radical (unpaired) electrons. The average molecular weight is 404 g/mol. The fourth-order valence-corrected chi connectivity index (χ4v) is 4.91. The molecule has 4 aromatic rings. The summed E-state index contributed by atoms with van der Waals surface area (Å²) in [6.07, 6.45) is 1.46. The van der Waals surface area contributed by atoms with Gasteiger partial charge in [0, 0.05) is 5.39 Å². The first-order valence-electron chi connectivity index (χ1n) is 7.63. The van der Waals surface area contributed by atoms with E-state index in [1.54, 1.807) is 6.92 Å². The van der Waals surface area contributed by atoms with Gasteiger partial charge < -0.3 is 9.15 Å². The Labute approximate surface area is 160 Å². The van der Waals surface area contributed by atoms with Gasteiger partial charge >= 0.3 is 5.97 Å². The van der Waals surface area contributed by atoms with Crippen molar-refractivity contribution in [3.8, 4) is 10.8 Å². The van der Waals surface area contributed by atoms with Gasteiger partial charge in [0.05, 0.1) is 11.5 Å². The smallest absolute Gasteiger partial charge is 0.348 e. The normalized spacial score (nSPS) is 11.2. The number of aryl methyl sites for hydroxylation is 1. The SMILES string of the molecule is CCOC(=O)c1sc2ncnc(Sc3nnc(-c4cccs4)o3)c2c1C. The Balaban J connectivity index is 1.70. The highest BCUT2D eigenvalue weighted by Gasteiger charge is 2.22. The van der Waals surface area contributed by atoms with Crippen LogP contribution >= 0.6 is 34.4 Å². The first-order chi connectivity index (χ1) is 12.7. The van der Waals surface area contributed by atoms with Gasteiger partial charge in [-0.05, 0) is 42.6 Å². The van der Waals surface area contributed by atoms with Crippen LogP contribution in [-0.2, 0) is 4.74 Å². The molecular weight excluding hydrogens is 392 g/mol. The molecule has 0 bridgehead atoms. The second-order valence-corrected chi connectivity index (χ2v) is 7.97. The van der Waals surface area contributed by atoms with E-state index in [1.165, 1.54) is 40.8 Å². The van der Waals surface area contributed by atoms with E-state index in [4.69, 9.17) is 9.15 Å². The standard InChI is InChI=1S/C16H12N4O3S3/c1-3-22-15(21)11-8(2)10-13(25-11)17-7-18-14(10)26-16-20-19-12(23-16)9-5-4-6-24-9/h4-7H,3H2,1-2H3. The molecule has 0 fully saturated rings. The summed E-state index contributed by atoms with van der Waals surface area (Å²) in [5, 5.41) is 12.0. The fraction of sp³-hybridized carbons (Fsp3) is 0.188. The number of nitrogens with zero attached hydrogens (tertiary/aromatic N) is 4. The molecule has 4 aromatic heterocycles. The third-order valence-electron chi connectivity index (χ3n) is 3.48. The minimum Gasteiger partial charge on any atom is -0.462 e. The van der Waals surface area contributed by atoms with Gasteiger partial charge in [-0.3, -0.25) is 0 Å². The van der Waals surface area contributed by atoms with Crippen LogP contribution in [0.5, 0.6) is 0 Å². The van der Waals surface area contributed by atoms with Crippen molar-refractivity contribution in [3.05, 3.63) is 34.3 Å². The Bertz CT molecular complexity index is 1070. The zero-order valence-electron chi connectivity index (χ0n) is 13.8. The van der Waals surface area contributed by atoms with E-state index in [0.29, 0.717) is 27.6 Å². The minimum absolute atomic E-state index is 0.327. The summed E-state index contributed by atoms with van der Waals surface area (Å²) in [4.78, 5) is 22.9. The summed E-state index contributed by atoms with van der Waals surface area (Å²) in [6, 6.07) is 3.85. The van der Waals surface area contributed by atoms with Crippen LogP contribution < -0.4 is 0 Å². The van der Waals surface area contributed by atoms with Gasteiger partial charge in [-0.1, -0.05) is 6.07 Å². The zero-order chi connectivity index (χ0) is 18.1. The predicted octanol–water partition coefficient (Wildman–Crippen LogP) is 4.44. The van der Waals surface area contributed by atoms with E-state index in [2.05, 4.69) is 20.2 Å². The number of rotatable bonds is 5. The Morgan fingerprint density at radius 2 is 2.23 bits per heavy atom. The maximum Gasteiger partial charge on any atom is 0.348 e. The number of hydrogen-bond donors (Lipinski definition) is 0. The van der Waals surface area contributed by atoms with Crippen molar-refractivity contribution in [1.29, 1.82) is 0 Å². The largest absolute Gasteiger partial charge is 0.462 e. The second kappa shape index (κ2) is 7.14. The molecule has 0 atom stereocenters. The molecule has 0 aliphatic carbocycles. The highest BCUT2D eigenvalue weighted by molar-refractivity contribution is 7.99. The molecule has 0 N–H and O–H groups in total. The zero-order valence-corrected chi connectivity index (χ0v) is 16.2. The molecular formula is C16H12N4O3S3. The summed E-state index contributed by atoms with van der Waals surface area (Å²) in [7, 11) is 0. The molecule has 26 heavy (non-hydrogen) atoms. The molecule has 0 aliphatic rings. The number of hydrogen-bond acceptors (Lipinski definition) is 10. The van der Waals surface area contributed by atoms with Crippen LogP contribution in [0.15, 0.2) is 38.5 Å². The number of ether oxygens (including phenoxy) is 1. The van der Waals surface area contributed by atoms with Gasteiger partial charge in [0.1, 0.15) is 21.1 Å². The van der Waals surface area contributed by atoms with E-state index >= 15 is 0 Å². The van der Waals surface area contributed by atoms with Gasteiger partial charge in [0.25, 0.3) is 11.1 Å². The topological polar surface area (TPSA) is 91.0 Å². The molecule has 0 spiro atoms. The van der Waals surface area contributed by atoms with E-state index in [-0.39, 0.29) is 5.97 Å². The number of carbonyl (C=O) groups is 1. The molecule has 4 rings (SSSR count). The van der Waals surface area contributed by atoms with Crippen molar-refractivity contribution < 1.29 is 13.9 Å². The molecule has 0 unspecified atom stereocenters. The quantitative estimate of drug-likeness (QED) is 0.356. The number of thiophene rings is 2. The first-order valence-corrected chi connectivity index (χ1v) is 10.1. The van der Waals surface area contributed by atoms with E-state index in [1.807, 2.05) is 24.4 Å². The number of aromatic nitrogens is 4. The maximum atomic E-state index is 12.1. The summed E-state index contributed by atoms with van der Waals surface area (Å²) in [6.45, 7) is 3.97. The lowest BCUT2D eigenvalue weighted by Crippen LogP contribution is -2.03. The molecule has 0 aliphatic heterocycles. The Morgan fingerprint density at radius 1 is 1.35 bits per heavy atom. The van der Waals surface area contributed by atoms with Crippen LogP contribution in [0.2, 0.25) is 0 Å². The van der Waals surface area contributed by atoms with Crippen molar-refractivity contribution in [2.45, 2.75) is 24.1 Å². The molecule has 0 amide bonds. The van der Waals surface area contributed by atoms with E-state index in [0.717, 1.165) is 20.7 Å². The van der Waals surface area contributed by atoms with Gasteiger partial charge in [0.15, 0.2) is 0 Å². The summed E-state index contributed by atoms with van der Waals surface area (Å²) < 4.78 is 10.8. The minimum atomic E-state index is -0.346. The van der Waals surface area contributed by atoms with Crippen LogP contribution in [-0.4, -0.2) is 32.7 Å². The first kappa shape index (κ1) is 17.1. The maximum absolute atomic E-state index is 12.1. The van der Waals surface area contributed by atoms with Crippen LogP contribution in [0.4, 0.5) is 0 Å². The summed E-state index contributed by atoms with van der Waals surface area (Å²) in [5.41, 5.74) is 0.796. The highest BCUT2D eigenvalue weighted by Crippen LogP contribution is 2.38. The summed E-state index contributed by atoms with van der Waals surface area (Å²) >= 11 is 4.08. The second-order valence-electron chi connectivity index (χ2n) is 5.09. The molecule has 0 saturated carbocycles. The lowest BCUT2D eigenvalue weighted by molar-refractivity contribution is 0.0531. The lowest BCUT2D eigenvalue weighted by atomic mass is 10.2. The van der Waals surface area contributed by atoms with Crippen molar-refractivity contribution in [2.24, 2.45) is 0 Å². The summed E-state index contributed by atoms with van der Waals surface area (Å²) in [5.74, 6) is 0.128. The fourth-order valence-electron chi connectivity index (χ4n) is 2.34. The molecule has 7 nitrogen and oxygen atoms in total.